The lowest BCUT2D eigenvalue weighted by atomic mass is 10.2. The molecule has 1 aliphatic rings. The van der Waals surface area contributed by atoms with E-state index in [0.717, 1.165) is 18.7 Å². The van der Waals surface area contributed by atoms with Crippen molar-refractivity contribution in [1.29, 1.82) is 0 Å². The van der Waals surface area contributed by atoms with Gasteiger partial charge in [-0.2, -0.15) is 4.98 Å². The van der Waals surface area contributed by atoms with Gasteiger partial charge in [0.2, 0.25) is 0 Å². The van der Waals surface area contributed by atoms with E-state index in [1.165, 1.54) is 5.56 Å². The summed E-state index contributed by atoms with van der Waals surface area (Å²) in [6, 6.07) is 12.1. The molecule has 0 aliphatic carbocycles. The Kier molecular flexibility index (Phi) is 2.33. The Labute approximate surface area is 115 Å². The zero-order valence-corrected chi connectivity index (χ0v) is 11.1. The van der Waals surface area contributed by atoms with Crippen LogP contribution in [0, 0.1) is 12.7 Å². The van der Waals surface area contributed by atoms with Crippen LogP contribution in [0.3, 0.4) is 0 Å². The van der Waals surface area contributed by atoms with Crippen LogP contribution in [-0.2, 0) is 6.42 Å². The van der Waals surface area contributed by atoms with E-state index in [1.54, 1.807) is 19.1 Å². The molecule has 0 atom stereocenters. The number of aryl methyl sites for hydroxylation is 1. The summed E-state index contributed by atoms with van der Waals surface area (Å²) >= 11 is 0. The van der Waals surface area contributed by atoms with E-state index in [2.05, 4.69) is 11.1 Å². The van der Waals surface area contributed by atoms with Crippen molar-refractivity contribution in [2.75, 3.05) is 11.4 Å². The van der Waals surface area contributed by atoms with Crippen LogP contribution < -0.4 is 4.90 Å². The van der Waals surface area contributed by atoms with Crippen molar-refractivity contribution in [1.82, 2.24) is 4.98 Å². The van der Waals surface area contributed by atoms with E-state index in [-0.39, 0.29) is 11.4 Å². The Morgan fingerprint density at radius 2 is 2.05 bits per heavy atom. The van der Waals surface area contributed by atoms with Crippen LogP contribution in [0.1, 0.15) is 11.1 Å². The zero-order chi connectivity index (χ0) is 13.7. The van der Waals surface area contributed by atoms with Gasteiger partial charge in [-0.15, -0.1) is 0 Å². The van der Waals surface area contributed by atoms with Crippen molar-refractivity contribution < 1.29 is 8.81 Å². The summed E-state index contributed by atoms with van der Waals surface area (Å²) in [4.78, 5) is 6.42. The van der Waals surface area contributed by atoms with Gasteiger partial charge in [0, 0.05) is 12.2 Å². The summed E-state index contributed by atoms with van der Waals surface area (Å²) in [5, 5.41) is 0. The van der Waals surface area contributed by atoms with E-state index < -0.39 is 0 Å². The van der Waals surface area contributed by atoms with Crippen LogP contribution >= 0.6 is 0 Å². The highest BCUT2D eigenvalue weighted by Gasteiger charge is 2.24. The first-order chi connectivity index (χ1) is 9.74. The topological polar surface area (TPSA) is 29.3 Å². The first-order valence-electron chi connectivity index (χ1n) is 6.65. The predicted molar refractivity (Wildman–Crippen MR) is 75.9 cm³/mol. The quantitative estimate of drug-likeness (QED) is 0.668. The third kappa shape index (κ3) is 1.54. The van der Waals surface area contributed by atoms with Crippen molar-refractivity contribution in [3.05, 3.63) is 53.3 Å². The highest BCUT2D eigenvalue weighted by Crippen LogP contribution is 2.35. The van der Waals surface area contributed by atoms with Gasteiger partial charge in [0.15, 0.2) is 11.4 Å². The summed E-state index contributed by atoms with van der Waals surface area (Å²) in [6.07, 6.45) is 0.955. The summed E-state index contributed by atoms with van der Waals surface area (Å²) in [7, 11) is 0. The molecule has 100 valence electrons. The van der Waals surface area contributed by atoms with Gasteiger partial charge >= 0.3 is 6.01 Å². The molecule has 4 heteroatoms. The molecule has 1 aliphatic heterocycles. The second kappa shape index (κ2) is 4.07. The molecule has 0 fully saturated rings. The zero-order valence-electron chi connectivity index (χ0n) is 11.1. The van der Waals surface area contributed by atoms with E-state index in [9.17, 15) is 4.39 Å². The average Bonchev–Trinajstić information content (AvgIpc) is 3.06. The first-order valence-corrected chi connectivity index (χ1v) is 6.65. The van der Waals surface area contributed by atoms with Gasteiger partial charge in [0.05, 0.1) is 0 Å². The predicted octanol–water partition coefficient (Wildman–Crippen LogP) is 3.97. The Balaban J connectivity index is 1.86. The van der Waals surface area contributed by atoms with Crippen LogP contribution in [0.15, 0.2) is 40.8 Å². The van der Waals surface area contributed by atoms with Gasteiger partial charge in [-0.1, -0.05) is 24.3 Å². The minimum Gasteiger partial charge on any atom is -0.420 e. The molecule has 3 nitrogen and oxygen atoms in total. The number of hydrogen-bond acceptors (Lipinski definition) is 3. The maximum Gasteiger partial charge on any atom is 0.303 e. The normalized spacial score (nSPS) is 14.0. The number of para-hydroxylation sites is 1. The summed E-state index contributed by atoms with van der Waals surface area (Å²) in [5.41, 5.74) is 3.74. The maximum atomic E-state index is 14.0. The molecule has 3 aromatic rings. The third-order valence-corrected chi connectivity index (χ3v) is 3.80. The lowest BCUT2D eigenvalue weighted by Crippen LogP contribution is -2.13. The molecular weight excluding hydrogens is 255 g/mol. The van der Waals surface area contributed by atoms with Crippen LogP contribution in [0.5, 0.6) is 0 Å². The van der Waals surface area contributed by atoms with Gasteiger partial charge < -0.3 is 4.42 Å². The number of benzene rings is 2. The van der Waals surface area contributed by atoms with Crippen LogP contribution in [-0.4, -0.2) is 11.5 Å². The number of nitrogens with zero attached hydrogens (tertiary/aromatic N) is 2. The van der Waals surface area contributed by atoms with E-state index >= 15 is 0 Å². The lowest BCUT2D eigenvalue weighted by molar-refractivity contribution is 0.549. The van der Waals surface area contributed by atoms with Gasteiger partial charge in [-0.25, -0.2) is 4.39 Å². The molecule has 2 aromatic carbocycles. The van der Waals surface area contributed by atoms with Crippen molar-refractivity contribution in [2.24, 2.45) is 0 Å². The molecule has 2 heterocycles. The number of halogens is 1. The number of rotatable bonds is 1. The van der Waals surface area contributed by atoms with Crippen LogP contribution in [0.2, 0.25) is 0 Å². The molecular formula is C16H13FN2O. The summed E-state index contributed by atoms with van der Waals surface area (Å²) in [6.45, 7) is 2.54. The van der Waals surface area contributed by atoms with Crippen molar-refractivity contribution >= 4 is 22.8 Å². The number of hydrogen-bond donors (Lipinski definition) is 0. The van der Waals surface area contributed by atoms with Gasteiger partial charge in [0.1, 0.15) is 5.52 Å². The molecule has 20 heavy (non-hydrogen) atoms. The Hall–Kier alpha value is -2.36. The fourth-order valence-corrected chi connectivity index (χ4v) is 2.70. The summed E-state index contributed by atoms with van der Waals surface area (Å²) < 4.78 is 19.7. The minimum absolute atomic E-state index is 0.240. The highest BCUT2D eigenvalue weighted by molar-refractivity contribution is 5.78. The van der Waals surface area contributed by atoms with Gasteiger partial charge in [-0.3, -0.25) is 4.90 Å². The second-order valence-corrected chi connectivity index (χ2v) is 5.07. The molecule has 0 spiro atoms. The van der Waals surface area contributed by atoms with E-state index in [0.29, 0.717) is 17.1 Å². The Morgan fingerprint density at radius 3 is 2.95 bits per heavy atom. The van der Waals surface area contributed by atoms with Crippen molar-refractivity contribution in [3.8, 4) is 0 Å². The Bertz CT molecular complexity index is 809. The fourth-order valence-electron chi connectivity index (χ4n) is 2.70. The molecule has 0 saturated carbocycles. The molecule has 0 unspecified atom stereocenters. The van der Waals surface area contributed by atoms with E-state index in [4.69, 9.17) is 4.42 Å². The van der Waals surface area contributed by atoms with Crippen molar-refractivity contribution in [2.45, 2.75) is 13.3 Å². The standard InChI is InChI=1S/C16H13FN2O/c1-10-6-7-12-15(14(10)17)20-16(18-12)19-9-8-11-4-2-3-5-13(11)19/h2-7H,8-9H2,1H3. The molecule has 0 bridgehead atoms. The average molecular weight is 268 g/mol. The minimum atomic E-state index is -0.325. The fraction of sp³-hybridized carbons (Fsp3) is 0.188. The largest absolute Gasteiger partial charge is 0.420 e. The number of oxazole rings is 1. The van der Waals surface area contributed by atoms with Crippen molar-refractivity contribution in [3.63, 3.8) is 0 Å². The second-order valence-electron chi connectivity index (χ2n) is 5.07. The monoisotopic (exact) mass is 268 g/mol. The molecule has 0 saturated heterocycles. The van der Waals surface area contributed by atoms with Gasteiger partial charge in [-0.05, 0) is 36.6 Å². The number of anilines is 2. The SMILES string of the molecule is Cc1ccc2nc(N3CCc4ccccc43)oc2c1F. The Morgan fingerprint density at radius 1 is 1.20 bits per heavy atom. The molecule has 0 N–H and O–H groups in total. The maximum absolute atomic E-state index is 14.0. The van der Waals surface area contributed by atoms with Crippen LogP contribution in [0.4, 0.5) is 16.1 Å². The molecule has 0 radical (unpaired) electrons. The molecule has 0 amide bonds. The first kappa shape index (κ1) is 11.5. The number of aromatic nitrogens is 1. The van der Waals surface area contributed by atoms with Crippen LogP contribution in [0.25, 0.3) is 11.1 Å². The molecule has 4 rings (SSSR count). The third-order valence-electron chi connectivity index (χ3n) is 3.80. The smallest absolute Gasteiger partial charge is 0.303 e. The van der Waals surface area contributed by atoms with Gasteiger partial charge in [0.25, 0.3) is 0 Å². The highest BCUT2D eigenvalue weighted by atomic mass is 19.1. The summed E-state index contributed by atoms with van der Waals surface area (Å²) in [5.74, 6) is -0.325. The molecule has 1 aromatic heterocycles. The van der Waals surface area contributed by atoms with E-state index in [1.807, 2.05) is 23.1 Å². The number of fused-ring (bicyclic) bond motifs is 2. The lowest BCUT2D eigenvalue weighted by Gasteiger charge is -2.13.